The number of hydrogen-bond acceptors (Lipinski definition) is 3. The number of halogens is 3. The van der Waals surface area contributed by atoms with Crippen molar-refractivity contribution < 1.29 is 22.7 Å². The van der Waals surface area contributed by atoms with Crippen molar-refractivity contribution in [1.82, 2.24) is 10.6 Å². The fraction of sp³-hybridized carbons (Fsp3) is 0.588. The van der Waals surface area contributed by atoms with Gasteiger partial charge in [0.1, 0.15) is 5.75 Å². The van der Waals surface area contributed by atoms with Crippen molar-refractivity contribution in [2.24, 2.45) is 11.8 Å². The minimum atomic E-state index is -4.69. The van der Waals surface area contributed by atoms with E-state index < -0.39 is 6.36 Å². The maximum absolute atomic E-state index is 12.1. The van der Waals surface area contributed by atoms with Gasteiger partial charge in [-0.2, -0.15) is 0 Å². The van der Waals surface area contributed by atoms with Gasteiger partial charge >= 0.3 is 6.36 Å². The third kappa shape index (κ3) is 6.39. The molecule has 0 aromatic heterocycles. The Hall–Kier alpha value is -1.76. The van der Waals surface area contributed by atoms with Crippen molar-refractivity contribution in [1.29, 1.82) is 0 Å². The Balaban J connectivity index is 1.74. The summed E-state index contributed by atoms with van der Waals surface area (Å²) >= 11 is 0. The van der Waals surface area contributed by atoms with Crippen LogP contribution in [0.3, 0.4) is 0 Å². The van der Waals surface area contributed by atoms with Gasteiger partial charge in [0, 0.05) is 13.0 Å². The monoisotopic (exact) mass is 344 g/mol. The van der Waals surface area contributed by atoms with Crippen molar-refractivity contribution >= 4 is 5.91 Å². The fourth-order valence-corrected chi connectivity index (χ4v) is 2.91. The predicted octanol–water partition coefficient (Wildman–Crippen LogP) is 3.23. The molecule has 0 radical (unpaired) electrons. The van der Waals surface area contributed by atoms with Crippen molar-refractivity contribution in [2.45, 2.75) is 39.1 Å². The van der Waals surface area contributed by atoms with E-state index in [9.17, 15) is 18.0 Å². The number of carbonyl (C=O) groups is 1. The van der Waals surface area contributed by atoms with E-state index in [1.54, 1.807) is 0 Å². The van der Waals surface area contributed by atoms with Gasteiger partial charge in [-0.25, -0.2) is 0 Å². The van der Waals surface area contributed by atoms with Crippen LogP contribution in [-0.2, 0) is 11.3 Å². The third-order valence-corrected chi connectivity index (χ3v) is 4.29. The molecule has 0 spiro atoms. The van der Waals surface area contributed by atoms with Crippen LogP contribution in [0.15, 0.2) is 24.3 Å². The van der Waals surface area contributed by atoms with Gasteiger partial charge in [-0.3, -0.25) is 4.79 Å². The maximum atomic E-state index is 12.1. The molecule has 0 saturated carbocycles. The van der Waals surface area contributed by atoms with E-state index >= 15 is 0 Å². The number of amides is 1. The molecule has 2 unspecified atom stereocenters. The van der Waals surface area contributed by atoms with Crippen LogP contribution >= 0.6 is 0 Å². The van der Waals surface area contributed by atoms with Gasteiger partial charge < -0.3 is 15.4 Å². The van der Waals surface area contributed by atoms with E-state index in [1.807, 2.05) is 0 Å². The molecule has 1 heterocycles. The second-order valence-electron chi connectivity index (χ2n) is 6.26. The number of ether oxygens (including phenoxy) is 1. The molecular formula is C17H23F3N2O2. The SMILES string of the molecule is CC(CC(=O)NCc1ccc(OC(F)(F)F)cc1)C1CCCNC1. The second kappa shape index (κ2) is 8.37. The van der Waals surface area contributed by atoms with Crippen LogP contribution in [0.1, 0.15) is 31.7 Å². The lowest BCUT2D eigenvalue weighted by molar-refractivity contribution is -0.274. The summed E-state index contributed by atoms with van der Waals surface area (Å²) in [6.45, 7) is 4.37. The molecule has 1 fully saturated rings. The molecule has 1 aromatic carbocycles. The van der Waals surface area contributed by atoms with E-state index in [0.29, 0.717) is 24.8 Å². The molecule has 1 saturated heterocycles. The number of piperidine rings is 1. The summed E-state index contributed by atoms with van der Waals surface area (Å²) in [4.78, 5) is 12.0. The zero-order valence-electron chi connectivity index (χ0n) is 13.7. The predicted molar refractivity (Wildman–Crippen MR) is 84.3 cm³/mol. The summed E-state index contributed by atoms with van der Waals surface area (Å²) < 4.78 is 40.1. The molecule has 1 aromatic rings. The molecule has 134 valence electrons. The Labute approximate surface area is 139 Å². The van der Waals surface area contributed by atoms with E-state index in [2.05, 4.69) is 22.3 Å². The van der Waals surface area contributed by atoms with Gasteiger partial charge in [0.2, 0.25) is 5.91 Å². The van der Waals surface area contributed by atoms with Gasteiger partial charge in [-0.15, -0.1) is 13.2 Å². The number of rotatable bonds is 6. The number of carbonyl (C=O) groups excluding carboxylic acids is 1. The molecule has 2 atom stereocenters. The highest BCUT2D eigenvalue weighted by atomic mass is 19.4. The number of alkyl halides is 3. The molecule has 2 N–H and O–H groups in total. The molecule has 1 aliphatic heterocycles. The minimum absolute atomic E-state index is 0.0382. The highest BCUT2D eigenvalue weighted by molar-refractivity contribution is 5.76. The lowest BCUT2D eigenvalue weighted by Gasteiger charge is -2.28. The van der Waals surface area contributed by atoms with Gasteiger partial charge in [0.05, 0.1) is 0 Å². The van der Waals surface area contributed by atoms with E-state index in [0.717, 1.165) is 31.5 Å². The Morgan fingerprint density at radius 2 is 2.08 bits per heavy atom. The topological polar surface area (TPSA) is 50.4 Å². The van der Waals surface area contributed by atoms with E-state index in [-0.39, 0.29) is 11.7 Å². The molecule has 24 heavy (non-hydrogen) atoms. The largest absolute Gasteiger partial charge is 0.573 e. The Morgan fingerprint density at radius 1 is 1.38 bits per heavy atom. The number of benzene rings is 1. The van der Waals surface area contributed by atoms with E-state index in [1.165, 1.54) is 24.3 Å². The fourth-order valence-electron chi connectivity index (χ4n) is 2.91. The molecule has 0 bridgehead atoms. The van der Waals surface area contributed by atoms with Gasteiger partial charge in [0.15, 0.2) is 0 Å². The average molecular weight is 344 g/mol. The van der Waals surface area contributed by atoms with Gasteiger partial charge in [-0.1, -0.05) is 19.1 Å². The van der Waals surface area contributed by atoms with Crippen molar-refractivity contribution in [3.8, 4) is 5.75 Å². The van der Waals surface area contributed by atoms with Crippen molar-refractivity contribution in [3.63, 3.8) is 0 Å². The Morgan fingerprint density at radius 3 is 2.67 bits per heavy atom. The summed E-state index contributed by atoms with van der Waals surface area (Å²) in [5.41, 5.74) is 0.727. The Bertz CT molecular complexity index is 526. The zero-order valence-corrected chi connectivity index (χ0v) is 13.7. The Kier molecular flexibility index (Phi) is 6.48. The zero-order chi connectivity index (χ0) is 17.6. The first-order valence-corrected chi connectivity index (χ1v) is 8.15. The normalized spacial score (nSPS) is 19.6. The smallest absolute Gasteiger partial charge is 0.406 e. The lowest BCUT2D eigenvalue weighted by Crippen LogP contribution is -2.35. The first kappa shape index (κ1) is 18.6. The number of hydrogen-bond donors (Lipinski definition) is 2. The average Bonchev–Trinajstić information content (AvgIpc) is 2.53. The quantitative estimate of drug-likeness (QED) is 0.833. The summed E-state index contributed by atoms with van der Waals surface area (Å²) in [6.07, 6.45) is -1.95. The summed E-state index contributed by atoms with van der Waals surface area (Å²) in [5.74, 6) is 0.517. The second-order valence-corrected chi connectivity index (χ2v) is 6.26. The van der Waals surface area contributed by atoms with Crippen molar-refractivity contribution in [2.75, 3.05) is 13.1 Å². The van der Waals surface area contributed by atoms with Crippen LogP contribution in [0.2, 0.25) is 0 Å². The van der Waals surface area contributed by atoms with Crippen LogP contribution in [0, 0.1) is 11.8 Å². The van der Waals surface area contributed by atoms with Crippen LogP contribution in [0.25, 0.3) is 0 Å². The first-order chi connectivity index (χ1) is 11.3. The minimum Gasteiger partial charge on any atom is -0.406 e. The highest BCUT2D eigenvalue weighted by Crippen LogP contribution is 2.23. The van der Waals surface area contributed by atoms with Gasteiger partial charge in [0.25, 0.3) is 0 Å². The van der Waals surface area contributed by atoms with Crippen LogP contribution in [-0.4, -0.2) is 25.4 Å². The standard InChI is InChI=1S/C17H23F3N2O2/c1-12(14-3-2-8-21-11-14)9-16(23)22-10-13-4-6-15(7-5-13)24-17(18,19)20/h4-7,12,14,21H,2-3,8-11H2,1H3,(H,22,23). The molecule has 1 aliphatic rings. The first-order valence-electron chi connectivity index (χ1n) is 8.15. The summed E-state index contributed by atoms with van der Waals surface area (Å²) in [7, 11) is 0. The molecule has 7 heteroatoms. The maximum Gasteiger partial charge on any atom is 0.573 e. The molecule has 2 rings (SSSR count). The van der Waals surface area contributed by atoms with E-state index in [4.69, 9.17) is 0 Å². The highest BCUT2D eigenvalue weighted by Gasteiger charge is 2.31. The molecular weight excluding hydrogens is 321 g/mol. The molecule has 1 amide bonds. The molecule has 4 nitrogen and oxygen atoms in total. The number of nitrogens with one attached hydrogen (secondary N) is 2. The molecule has 0 aliphatic carbocycles. The summed E-state index contributed by atoms with van der Waals surface area (Å²) in [6, 6.07) is 5.50. The third-order valence-electron chi connectivity index (χ3n) is 4.29. The summed E-state index contributed by atoms with van der Waals surface area (Å²) in [5, 5.41) is 6.16. The van der Waals surface area contributed by atoms with Crippen LogP contribution in [0.5, 0.6) is 5.75 Å². The van der Waals surface area contributed by atoms with Crippen molar-refractivity contribution in [3.05, 3.63) is 29.8 Å². The van der Waals surface area contributed by atoms with Crippen LogP contribution < -0.4 is 15.4 Å². The van der Waals surface area contributed by atoms with Gasteiger partial charge in [-0.05, 0) is 55.5 Å². The lowest BCUT2D eigenvalue weighted by atomic mass is 9.85. The van der Waals surface area contributed by atoms with Crippen LogP contribution in [0.4, 0.5) is 13.2 Å².